The van der Waals surface area contributed by atoms with Gasteiger partial charge in [0, 0.05) is 18.6 Å². The molecule has 0 aromatic carbocycles. The molecule has 0 bridgehead atoms. The lowest BCUT2D eigenvalue weighted by atomic mass is 9.91. The third kappa shape index (κ3) is 4.44. The summed E-state index contributed by atoms with van der Waals surface area (Å²) in [5, 5.41) is 3.73. The van der Waals surface area contributed by atoms with Crippen LogP contribution >= 0.6 is 0 Å². The van der Waals surface area contributed by atoms with Gasteiger partial charge in [-0.3, -0.25) is 4.90 Å². The minimum Gasteiger partial charge on any atom is -0.314 e. The monoisotopic (exact) mass is 281 g/mol. The van der Waals surface area contributed by atoms with Gasteiger partial charge in [0.15, 0.2) is 0 Å². The van der Waals surface area contributed by atoms with Crippen molar-refractivity contribution in [3.8, 4) is 0 Å². The highest BCUT2D eigenvalue weighted by Crippen LogP contribution is 2.24. The molecule has 2 aliphatic heterocycles. The molecule has 2 saturated heterocycles. The van der Waals surface area contributed by atoms with Crippen molar-refractivity contribution >= 4 is 0 Å². The van der Waals surface area contributed by atoms with Crippen molar-refractivity contribution in [1.29, 1.82) is 0 Å². The Labute approximate surface area is 126 Å². The van der Waals surface area contributed by atoms with E-state index in [0.717, 1.165) is 18.0 Å². The number of nitrogens with one attached hydrogen (secondary N) is 1. The summed E-state index contributed by atoms with van der Waals surface area (Å²) < 4.78 is 0. The Morgan fingerprint density at radius 1 is 1.00 bits per heavy atom. The van der Waals surface area contributed by atoms with Gasteiger partial charge in [-0.05, 0) is 70.7 Å². The number of rotatable bonds is 6. The minimum absolute atomic E-state index is 0.756. The van der Waals surface area contributed by atoms with Gasteiger partial charge in [-0.2, -0.15) is 0 Å². The second-order valence-electron chi connectivity index (χ2n) is 6.89. The average Bonchev–Trinajstić information content (AvgIpc) is 2.47. The van der Waals surface area contributed by atoms with Gasteiger partial charge in [-0.1, -0.05) is 20.8 Å². The van der Waals surface area contributed by atoms with Crippen molar-refractivity contribution in [3.05, 3.63) is 0 Å². The molecule has 118 valence electrons. The molecule has 2 fully saturated rings. The first-order chi connectivity index (χ1) is 9.74. The molecule has 2 heterocycles. The second-order valence-corrected chi connectivity index (χ2v) is 6.89. The molecular formula is C17H35N3. The Morgan fingerprint density at radius 3 is 2.35 bits per heavy atom. The summed E-state index contributed by atoms with van der Waals surface area (Å²) >= 11 is 0. The Bertz CT molecular complexity index is 261. The molecule has 3 heteroatoms. The normalized spacial score (nSPS) is 30.8. The van der Waals surface area contributed by atoms with Crippen LogP contribution in [0.3, 0.4) is 0 Å². The number of likely N-dealkylation sites (tertiary alicyclic amines) is 2. The number of hydrogen-bond acceptors (Lipinski definition) is 3. The maximum Gasteiger partial charge on any atom is 0.0120 e. The molecule has 0 saturated carbocycles. The summed E-state index contributed by atoms with van der Waals surface area (Å²) in [7, 11) is 0. The number of hydrogen-bond donors (Lipinski definition) is 1. The molecule has 0 spiro atoms. The molecule has 20 heavy (non-hydrogen) atoms. The maximum atomic E-state index is 3.73. The predicted octanol–water partition coefficient (Wildman–Crippen LogP) is 2.57. The summed E-state index contributed by atoms with van der Waals surface area (Å²) in [5.74, 6) is 0.809. The van der Waals surface area contributed by atoms with Crippen molar-refractivity contribution in [3.63, 3.8) is 0 Å². The van der Waals surface area contributed by atoms with Crippen LogP contribution in [0, 0.1) is 5.92 Å². The van der Waals surface area contributed by atoms with Gasteiger partial charge in [0.2, 0.25) is 0 Å². The van der Waals surface area contributed by atoms with Gasteiger partial charge >= 0.3 is 0 Å². The molecular weight excluding hydrogens is 246 g/mol. The summed E-state index contributed by atoms with van der Waals surface area (Å²) in [6, 6.07) is 1.61. The van der Waals surface area contributed by atoms with Crippen LogP contribution in [0.15, 0.2) is 0 Å². The van der Waals surface area contributed by atoms with Crippen molar-refractivity contribution < 1.29 is 0 Å². The van der Waals surface area contributed by atoms with Crippen molar-refractivity contribution in [2.45, 2.75) is 65.0 Å². The highest BCUT2D eigenvalue weighted by molar-refractivity contribution is 4.88. The fourth-order valence-electron chi connectivity index (χ4n) is 3.97. The molecule has 2 atom stereocenters. The van der Waals surface area contributed by atoms with Crippen LogP contribution < -0.4 is 5.32 Å². The van der Waals surface area contributed by atoms with Gasteiger partial charge in [0.05, 0.1) is 0 Å². The summed E-state index contributed by atoms with van der Waals surface area (Å²) in [5.41, 5.74) is 0. The smallest absolute Gasteiger partial charge is 0.0120 e. The Hall–Kier alpha value is -0.120. The summed E-state index contributed by atoms with van der Waals surface area (Å²) in [6.07, 6.45) is 6.68. The Morgan fingerprint density at radius 2 is 1.75 bits per heavy atom. The van der Waals surface area contributed by atoms with Crippen molar-refractivity contribution in [2.24, 2.45) is 5.92 Å². The highest BCUT2D eigenvalue weighted by atomic mass is 15.2. The quantitative estimate of drug-likeness (QED) is 0.807. The Balaban J connectivity index is 1.73. The molecule has 2 unspecified atom stereocenters. The van der Waals surface area contributed by atoms with Crippen LogP contribution in [0.5, 0.6) is 0 Å². The zero-order valence-electron chi connectivity index (χ0n) is 13.9. The molecule has 2 aliphatic rings. The molecule has 1 N–H and O–H groups in total. The fraction of sp³-hybridized carbons (Fsp3) is 1.00. The van der Waals surface area contributed by atoms with Gasteiger partial charge in [0.25, 0.3) is 0 Å². The standard InChI is InChI=1S/C17H35N3/c1-4-9-18-17-8-13-20(14-15(17)3)16-6-11-19(10-5-2)12-7-16/h15-18H,4-14H2,1-3H3. The van der Waals surface area contributed by atoms with Crippen LogP contribution in [-0.2, 0) is 0 Å². The third-order valence-electron chi connectivity index (χ3n) is 5.21. The van der Waals surface area contributed by atoms with E-state index in [1.807, 2.05) is 0 Å². The largest absolute Gasteiger partial charge is 0.314 e. The van der Waals surface area contributed by atoms with E-state index in [1.54, 1.807) is 0 Å². The minimum atomic E-state index is 0.756. The van der Waals surface area contributed by atoms with Gasteiger partial charge in [0.1, 0.15) is 0 Å². The fourth-order valence-corrected chi connectivity index (χ4v) is 3.97. The lowest BCUT2D eigenvalue weighted by Gasteiger charge is -2.44. The van der Waals surface area contributed by atoms with Gasteiger partial charge in [-0.15, -0.1) is 0 Å². The van der Waals surface area contributed by atoms with Gasteiger partial charge < -0.3 is 10.2 Å². The summed E-state index contributed by atoms with van der Waals surface area (Å²) in [6.45, 7) is 14.7. The first kappa shape index (κ1) is 16.3. The average molecular weight is 281 g/mol. The van der Waals surface area contributed by atoms with Crippen LogP contribution in [-0.4, -0.2) is 61.2 Å². The predicted molar refractivity (Wildman–Crippen MR) is 87.2 cm³/mol. The van der Waals surface area contributed by atoms with E-state index < -0.39 is 0 Å². The van der Waals surface area contributed by atoms with E-state index in [-0.39, 0.29) is 0 Å². The summed E-state index contributed by atoms with van der Waals surface area (Å²) in [4.78, 5) is 5.44. The molecule has 0 amide bonds. The van der Waals surface area contributed by atoms with Crippen molar-refractivity contribution in [1.82, 2.24) is 15.1 Å². The van der Waals surface area contributed by atoms with E-state index in [4.69, 9.17) is 0 Å². The van der Waals surface area contributed by atoms with E-state index in [9.17, 15) is 0 Å². The molecule has 0 aliphatic carbocycles. The lowest BCUT2D eigenvalue weighted by Crippen LogP contribution is -2.53. The van der Waals surface area contributed by atoms with Crippen LogP contribution in [0.1, 0.15) is 52.9 Å². The first-order valence-electron chi connectivity index (χ1n) is 8.94. The first-order valence-corrected chi connectivity index (χ1v) is 8.94. The molecule has 0 aromatic rings. The van der Waals surface area contributed by atoms with E-state index >= 15 is 0 Å². The Kier molecular flexibility index (Phi) is 6.79. The van der Waals surface area contributed by atoms with E-state index in [2.05, 4.69) is 35.9 Å². The zero-order chi connectivity index (χ0) is 14.4. The lowest BCUT2D eigenvalue weighted by molar-refractivity contribution is 0.0616. The molecule has 0 aromatic heterocycles. The second kappa shape index (κ2) is 8.35. The zero-order valence-corrected chi connectivity index (χ0v) is 13.9. The molecule has 2 rings (SSSR count). The van der Waals surface area contributed by atoms with Crippen LogP contribution in [0.4, 0.5) is 0 Å². The van der Waals surface area contributed by atoms with Gasteiger partial charge in [-0.25, -0.2) is 0 Å². The molecule has 0 radical (unpaired) electrons. The van der Waals surface area contributed by atoms with Crippen LogP contribution in [0.25, 0.3) is 0 Å². The van der Waals surface area contributed by atoms with E-state index in [1.165, 1.54) is 71.4 Å². The van der Waals surface area contributed by atoms with Crippen molar-refractivity contribution in [2.75, 3.05) is 39.3 Å². The third-order valence-corrected chi connectivity index (χ3v) is 5.21. The number of nitrogens with zero attached hydrogens (tertiary/aromatic N) is 2. The van der Waals surface area contributed by atoms with E-state index in [0.29, 0.717) is 0 Å². The SMILES string of the molecule is CCCNC1CCN(C2CCN(CCC)CC2)CC1C. The molecule has 3 nitrogen and oxygen atoms in total. The highest BCUT2D eigenvalue weighted by Gasteiger charge is 2.31. The van der Waals surface area contributed by atoms with Crippen LogP contribution in [0.2, 0.25) is 0 Å². The number of piperidine rings is 2. The maximum absolute atomic E-state index is 3.73. The topological polar surface area (TPSA) is 18.5 Å².